The Balaban J connectivity index is 1.78. The maximum Gasteiger partial charge on any atom is 0.223 e. The lowest BCUT2D eigenvalue weighted by Crippen LogP contribution is -2.22. The summed E-state index contributed by atoms with van der Waals surface area (Å²) in [7, 11) is 0. The molecule has 1 unspecified atom stereocenters. The van der Waals surface area contributed by atoms with Crippen LogP contribution in [0.2, 0.25) is 0 Å². The molecule has 0 saturated carbocycles. The molecule has 0 radical (unpaired) electrons. The van der Waals surface area contributed by atoms with Gasteiger partial charge in [0.05, 0.1) is 10.7 Å². The van der Waals surface area contributed by atoms with E-state index >= 15 is 0 Å². The smallest absolute Gasteiger partial charge is 0.223 e. The molecule has 0 saturated heterocycles. The van der Waals surface area contributed by atoms with Crippen molar-refractivity contribution in [2.45, 2.75) is 33.2 Å². The summed E-state index contributed by atoms with van der Waals surface area (Å²) in [5.41, 5.74) is 1.09. The number of thiazole rings is 1. The lowest BCUT2D eigenvalue weighted by molar-refractivity contribution is 0.386. The van der Waals surface area contributed by atoms with Gasteiger partial charge in [0.2, 0.25) is 5.89 Å². The number of nitrogens with zero attached hydrogens (tertiary/aromatic N) is 3. The largest absolute Gasteiger partial charge is 0.340 e. The van der Waals surface area contributed by atoms with Crippen LogP contribution < -0.4 is 5.32 Å². The third-order valence-electron chi connectivity index (χ3n) is 2.45. The minimum Gasteiger partial charge on any atom is -0.340 e. The zero-order chi connectivity index (χ0) is 12.3. The van der Waals surface area contributed by atoms with E-state index in [-0.39, 0.29) is 6.04 Å². The predicted octanol–water partition coefficient (Wildman–Crippen LogP) is 2.04. The van der Waals surface area contributed by atoms with Crippen molar-refractivity contribution >= 4 is 11.3 Å². The maximum absolute atomic E-state index is 4.91. The maximum atomic E-state index is 4.91. The molecule has 0 fully saturated rings. The molecule has 0 aliphatic carbocycles. The van der Waals surface area contributed by atoms with Gasteiger partial charge in [0.15, 0.2) is 5.82 Å². The molecule has 0 spiro atoms. The number of aryl methyl sites for hydroxylation is 2. The van der Waals surface area contributed by atoms with Gasteiger partial charge in [-0.05, 0) is 13.8 Å². The minimum absolute atomic E-state index is 0.257. The van der Waals surface area contributed by atoms with Gasteiger partial charge in [0.1, 0.15) is 0 Å². The normalized spacial score (nSPS) is 12.9. The van der Waals surface area contributed by atoms with E-state index in [4.69, 9.17) is 4.52 Å². The third kappa shape index (κ3) is 3.34. The Morgan fingerprint density at radius 3 is 2.82 bits per heavy atom. The zero-order valence-corrected chi connectivity index (χ0v) is 11.0. The predicted molar refractivity (Wildman–Crippen MR) is 66.0 cm³/mol. The van der Waals surface area contributed by atoms with Crippen LogP contribution in [-0.2, 0) is 6.42 Å². The molecular formula is C11H16N4OS. The van der Waals surface area contributed by atoms with Gasteiger partial charge in [-0.25, -0.2) is 4.98 Å². The van der Waals surface area contributed by atoms with E-state index in [0.717, 1.165) is 29.5 Å². The number of hydrogen-bond acceptors (Lipinski definition) is 6. The summed E-state index contributed by atoms with van der Waals surface area (Å²) in [5, 5.41) is 10.4. The number of hydrogen-bond donors (Lipinski definition) is 1. The molecular weight excluding hydrogens is 236 g/mol. The van der Waals surface area contributed by atoms with Crippen LogP contribution in [0.1, 0.15) is 35.4 Å². The van der Waals surface area contributed by atoms with Gasteiger partial charge in [-0.3, -0.25) is 0 Å². The lowest BCUT2D eigenvalue weighted by atomic mass is 10.2. The van der Waals surface area contributed by atoms with E-state index in [2.05, 4.69) is 32.7 Å². The van der Waals surface area contributed by atoms with Gasteiger partial charge in [0, 0.05) is 31.3 Å². The molecule has 2 rings (SSSR count). The topological polar surface area (TPSA) is 63.8 Å². The highest BCUT2D eigenvalue weighted by Crippen LogP contribution is 2.15. The highest BCUT2D eigenvalue weighted by atomic mass is 32.1. The Morgan fingerprint density at radius 2 is 2.24 bits per heavy atom. The van der Waals surface area contributed by atoms with Crippen molar-refractivity contribution in [3.05, 3.63) is 27.8 Å². The standard InChI is InChI=1S/C11H16N4OS/c1-7(10-6-17-9(3)14-10)12-5-4-11-13-8(2)16-15-11/h6-7,12H,4-5H2,1-3H3. The van der Waals surface area contributed by atoms with Crippen LogP contribution in [-0.4, -0.2) is 21.7 Å². The summed E-state index contributed by atoms with van der Waals surface area (Å²) in [6, 6.07) is 0.257. The first-order valence-corrected chi connectivity index (χ1v) is 6.47. The quantitative estimate of drug-likeness (QED) is 0.882. The molecule has 2 aromatic rings. The molecule has 1 atom stereocenters. The van der Waals surface area contributed by atoms with Crippen molar-refractivity contribution < 1.29 is 4.52 Å². The van der Waals surface area contributed by atoms with Gasteiger partial charge in [0.25, 0.3) is 0 Å². The van der Waals surface area contributed by atoms with E-state index in [1.807, 2.05) is 6.92 Å². The lowest BCUT2D eigenvalue weighted by Gasteiger charge is -2.09. The molecule has 0 bridgehead atoms. The minimum atomic E-state index is 0.257. The second-order valence-electron chi connectivity index (χ2n) is 3.95. The van der Waals surface area contributed by atoms with Crippen LogP contribution in [0, 0.1) is 13.8 Å². The summed E-state index contributed by atoms with van der Waals surface area (Å²) in [6.45, 7) is 6.74. The fraction of sp³-hybridized carbons (Fsp3) is 0.545. The average Bonchev–Trinajstić information content (AvgIpc) is 2.88. The van der Waals surface area contributed by atoms with E-state index in [9.17, 15) is 0 Å². The summed E-state index contributed by atoms with van der Waals surface area (Å²) >= 11 is 1.68. The summed E-state index contributed by atoms with van der Waals surface area (Å²) in [6.07, 6.45) is 0.769. The fourth-order valence-corrected chi connectivity index (χ4v) is 2.23. The van der Waals surface area contributed by atoms with Gasteiger partial charge in [-0.2, -0.15) is 4.98 Å². The molecule has 2 heterocycles. The number of nitrogens with one attached hydrogen (secondary N) is 1. The highest BCUT2D eigenvalue weighted by Gasteiger charge is 2.08. The van der Waals surface area contributed by atoms with Crippen molar-refractivity contribution in [3.8, 4) is 0 Å². The Hall–Kier alpha value is -1.27. The van der Waals surface area contributed by atoms with Crippen molar-refractivity contribution in [2.24, 2.45) is 0 Å². The van der Waals surface area contributed by atoms with E-state index in [1.165, 1.54) is 0 Å². The second kappa shape index (κ2) is 5.37. The SMILES string of the molecule is Cc1nc(CCNC(C)c2csc(C)n2)no1. The van der Waals surface area contributed by atoms with Crippen LogP contribution in [0.4, 0.5) is 0 Å². The van der Waals surface area contributed by atoms with E-state index in [0.29, 0.717) is 5.89 Å². The molecule has 0 amide bonds. The first kappa shape index (κ1) is 12.2. The van der Waals surface area contributed by atoms with Crippen LogP contribution >= 0.6 is 11.3 Å². The molecule has 6 heteroatoms. The van der Waals surface area contributed by atoms with Crippen LogP contribution in [0.5, 0.6) is 0 Å². The number of aromatic nitrogens is 3. The van der Waals surface area contributed by atoms with Gasteiger partial charge < -0.3 is 9.84 Å². The fourth-order valence-electron chi connectivity index (χ4n) is 1.53. The Bertz CT molecular complexity index is 479. The third-order valence-corrected chi connectivity index (χ3v) is 3.24. The van der Waals surface area contributed by atoms with E-state index < -0.39 is 0 Å². The number of rotatable bonds is 5. The first-order chi connectivity index (χ1) is 8.15. The Kier molecular flexibility index (Phi) is 3.86. The van der Waals surface area contributed by atoms with Crippen molar-refractivity contribution in [3.63, 3.8) is 0 Å². The van der Waals surface area contributed by atoms with Gasteiger partial charge in [-0.15, -0.1) is 11.3 Å². The van der Waals surface area contributed by atoms with Gasteiger partial charge in [-0.1, -0.05) is 5.16 Å². The highest BCUT2D eigenvalue weighted by molar-refractivity contribution is 7.09. The van der Waals surface area contributed by atoms with Crippen LogP contribution in [0.3, 0.4) is 0 Å². The monoisotopic (exact) mass is 252 g/mol. The molecule has 5 nitrogen and oxygen atoms in total. The van der Waals surface area contributed by atoms with Crippen molar-refractivity contribution in [1.82, 2.24) is 20.4 Å². The second-order valence-corrected chi connectivity index (χ2v) is 5.01. The van der Waals surface area contributed by atoms with Crippen LogP contribution in [0.25, 0.3) is 0 Å². The van der Waals surface area contributed by atoms with Crippen molar-refractivity contribution in [2.75, 3.05) is 6.54 Å². The average molecular weight is 252 g/mol. The first-order valence-electron chi connectivity index (χ1n) is 5.60. The van der Waals surface area contributed by atoms with E-state index in [1.54, 1.807) is 18.3 Å². The summed E-state index contributed by atoms with van der Waals surface area (Å²) < 4.78 is 4.91. The van der Waals surface area contributed by atoms with Gasteiger partial charge >= 0.3 is 0 Å². The molecule has 0 aliphatic heterocycles. The molecule has 0 aromatic carbocycles. The summed E-state index contributed by atoms with van der Waals surface area (Å²) in [4.78, 5) is 8.60. The molecule has 2 aromatic heterocycles. The Morgan fingerprint density at radius 1 is 1.41 bits per heavy atom. The molecule has 92 valence electrons. The zero-order valence-electron chi connectivity index (χ0n) is 10.2. The summed E-state index contributed by atoms with van der Waals surface area (Å²) in [5.74, 6) is 1.36. The molecule has 0 aliphatic rings. The van der Waals surface area contributed by atoms with Crippen LogP contribution in [0.15, 0.2) is 9.90 Å². The Labute approximate surface area is 104 Å². The molecule has 17 heavy (non-hydrogen) atoms. The molecule has 1 N–H and O–H groups in total. The van der Waals surface area contributed by atoms with Crippen molar-refractivity contribution in [1.29, 1.82) is 0 Å².